The van der Waals surface area contributed by atoms with Crippen LogP contribution in [0.25, 0.3) is 0 Å². The highest BCUT2D eigenvalue weighted by molar-refractivity contribution is 5.48. The van der Waals surface area contributed by atoms with Gasteiger partial charge in [-0.05, 0) is 12.5 Å². The van der Waals surface area contributed by atoms with Gasteiger partial charge in [0.05, 0.1) is 12.7 Å². The van der Waals surface area contributed by atoms with Gasteiger partial charge in [0.15, 0.2) is 11.5 Å². The second kappa shape index (κ2) is 5.36. The van der Waals surface area contributed by atoms with Crippen molar-refractivity contribution in [3.8, 4) is 11.5 Å². The number of aliphatic hydroxyl groups is 1. The number of aliphatic hydroxyl groups excluding tert-OH is 1. The standard InChI is InChI=1S/C14H19NO4/c1-17-12-5-11(8-16)15(7-12)6-10-3-2-4-13-14(10)19-9-18-13/h2-4,11-12,16H,5-9H2,1H3/t11-,12+/m0/s1. The average molecular weight is 265 g/mol. The minimum Gasteiger partial charge on any atom is -0.454 e. The first-order valence-corrected chi connectivity index (χ1v) is 6.57. The summed E-state index contributed by atoms with van der Waals surface area (Å²) in [5.41, 5.74) is 1.10. The monoisotopic (exact) mass is 265 g/mol. The third-order valence-corrected chi connectivity index (χ3v) is 3.89. The lowest BCUT2D eigenvalue weighted by Crippen LogP contribution is -2.32. The molecule has 1 N–H and O–H groups in total. The highest BCUT2D eigenvalue weighted by Crippen LogP contribution is 2.36. The van der Waals surface area contributed by atoms with E-state index in [1.54, 1.807) is 7.11 Å². The van der Waals surface area contributed by atoms with E-state index in [2.05, 4.69) is 4.90 Å². The molecule has 104 valence electrons. The van der Waals surface area contributed by atoms with E-state index in [0.717, 1.165) is 36.6 Å². The number of methoxy groups -OCH3 is 1. The highest BCUT2D eigenvalue weighted by atomic mass is 16.7. The molecule has 0 saturated carbocycles. The van der Waals surface area contributed by atoms with Crippen molar-refractivity contribution in [1.29, 1.82) is 0 Å². The van der Waals surface area contributed by atoms with Crippen LogP contribution in [0.5, 0.6) is 11.5 Å². The van der Waals surface area contributed by atoms with Crippen LogP contribution in [0.4, 0.5) is 0 Å². The summed E-state index contributed by atoms with van der Waals surface area (Å²) in [6, 6.07) is 6.09. The number of para-hydroxylation sites is 1. The number of rotatable bonds is 4. The van der Waals surface area contributed by atoms with Gasteiger partial charge in [-0.2, -0.15) is 0 Å². The molecule has 19 heavy (non-hydrogen) atoms. The molecule has 5 heteroatoms. The summed E-state index contributed by atoms with van der Waals surface area (Å²) in [4.78, 5) is 2.24. The fourth-order valence-corrected chi connectivity index (χ4v) is 2.83. The molecule has 0 unspecified atom stereocenters. The third-order valence-electron chi connectivity index (χ3n) is 3.89. The molecule has 2 heterocycles. The first-order chi connectivity index (χ1) is 9.31. The Morgan fingerprint density at radius 1 is 1.42 bits per heavy atom. The Hall–Kier alpha value is -1.30. The zero-order chi connectivity index (χ0) is 13.2. The van der Waals surface area contributed by atoms with E-state index in [1.807, 2.05) is 18.2 Å². The lowest BCUT2D eigenvalue weighted by Gasteiger charge is -2.22. The first kappa shape index (κ1) is 12.7. The summed E-state index contributed by atoms with van der Waals surface area (Å²) in [6.07, 6.45) is 1.07. The Morgan fingerprint density at radius 3 is 3.11 bits per heavy atom. The van der Waals surface area contributed by atoms with Crippen molar-refractivity contribution in [2.45, 2.75) is 25.1 Å². The molecule has 2 aliphatic rings. The van der Waals surface area contributed by atoms with Gasteiger partial charge < -0.3 is 19.3 Å². The fraction of sp³-hybridized carbons (Fsp3) is 0.571. The van der Waals surface area contributed by atoms with Crippen LogP contribution < -0.4 is 9.47 Å². The van der Waals surface area contributed by atoms with Gasteiger partial charge in [0.2, 0.25) is 6.79 Å². The van der Waals surface area contributed by atoms with Crippen molar-refractivity contribution in [1.82, 2.24) is 4.90 Å². The number of ether oxygens (including phenoxy) is 3. The van der Waals surface area contributed by atoms with Gasteiger partial charge in [-0.3, -0.25) is 4.90 Å². The van der Waals surface area contributed by atoms with E-state index in [1.165, 1.54) is 0 Å². The maximum Gasteiger partial charge on any atom is 0.231 e. The van der Waals surface area contributed by atoms with Crippen LogP contribution in [0, 0.1) is 0 Å². The number of benzene rings is 1. The first-order valence-electron chi connectivity index (χ1n) is 6.57. The van der Waals surface area contributed by atoms with Gasteiger partial charge in [-0.25, -0.2) is 0 Å². The number of fused-ring (bicyclic) bond motifs is 1. The molecule has 2 atom stereocenters. The molecule has 0 amide bonds. The smallest absolute Gasteiger partial charge is 0.231 e. The average Bonchev–Trinajstić information content (AvgIpc) is 3.05. The van der Waals surface area contributed by atoms with Crippen molar-refractivity contribution >= 4 is 0 Å². The Morgan fingerprint density at radius 2 is 2.32 bits per heavy atom. The van der Waals surface area contributed by atoms with Crippen molar-refractivity contribution in [2.75, 3.05) is 27.1 Å². The largest absolute Gasteiger partial charge is 0.454 e. The molecule has 5 nitrogen and oxygen atoms in total. The van der Waals surface area contributed by atoms with Crippen LogP contribution in [0.15, 0.2) is 18.2 Å². The van der Waals surface area contributed by atoms with E-state index in [0.29, 0.717) is 0 Å². The minimum absolute atomic E-state index is 0.156. The molecular weight excluding hydrogens is 246 g/mol. The Labute approximate surface area is 112 Å². The molecule has 0 spiro atoms. The minimum atomic E-state index is 0.156. The van der Waals surface area contributed by atoms with Gasteiger partial charge in [-0.15, -0.1) is 0 Å². The maximum absolute atomic E-state index is 9.47. The van der Waals surface area contributed by atoms with Gasteiger partial charge >= 0.3 is 0 Å². The number of likely N-dealkylation sites (tertiary alicyclic amines) is 1. The molecular formula is C14H19NO4. The normalized spacial score (nSPS) is 26.0. The van der Waals surface area contributed by atoms with Gasteiger partial charge in [0.25, 0.3) is 0 Å². The SMILES string of the molecule is CO[C@@H]1C[C@@H](CO)N(Cc2cccc3c2OCO3)C1. The lowest BCUT2D eigenvalue weighted by atomic mass is 10.1. The lowest BCUT2D eigenvalue weighted by molar-refractivity contribution is 0.107. The molecule has 1 saturated heterocycles. The Bertz CT molecular complexity index is 451. The van der Waals surface area contributed by atoms with E-state index >= 15 is 0 Å². The molecule has 1 fully saturated rings. The van der Waals surface area contributed by atoms with E-state index in [9.17, 15) is 5.11 Å². The van der Waals surface area contributed by atoms with E-state index in [-0.39, 0.29) is 25.5 Å². The molecule has 0 aliphatic carbocycles. The number of hydrogen-bond acceptors (Lipinski definition) is 5. The Balaban J connectivity index is 1.76. The predicted octanol–water partition coefficient (Wildman–Crippen LogP) is 0.997. The summed E-state index contributed by atoms with van der Waals surface area (Å²) in [6.45, 7) is 2.03. The molecule has 1 aromatic rings. The van der Waals surface area contributed by atoms with Crippen molar-refractivity contribution in [2.24, 2.45) is 0 Å². The van der Waals surface area contributed by atoms with E-state index < -0.39 is 0 Å². The topological polar surface area (TPSA) is 51.2 Å². The van der Waals surface area contributed by atoms with Crippen LogP contribution in [0.1, 0.15) is 12.0 Å². The summed E-state index contributed by atoms with van der Waals surface area (Å²) in [5, 5.41) is 9.47. The summed E-state index contributed by atoms with van der Waals surface area (Å²) >= 11 is 0. The second-order valence-corrected chi connectivity index (χ2v) is 5.01. The maximum atomic E-state index is 9.47. The van der Waals surface area contributed by atoms with Crippen LogP contribution in [-0.4, -0.2) is 49.2 Å². The van der Waals surface area contributed by atoms with Gasteiger partial charge in [0.1, 0.15) is 0 Å². The van der Waals surface area contributed by atoms with Crippen molar-refractivity contribution in [3.63, 3.8) is 0 Å². The quantitative estimate of drug-likeness (QED) is 0.880. The molecule has 2 aliphatic heterocycles. The summed E-state index contributed by atoms with van der Waals surface area (Å²) in [7, 11) is 1.72. The van der Waals surface area contributed by atoms with Crippen LogP contribution in [0.3, 0.4) is 0 Å². The number of nitrogens with zero attached hydrogens (tertiary/aromatic N) is 1. The molecule has 3 rings (SSSR count). The zero-order valence-electron chi connectivity index (χ0n) is 11.0. The zero-order valence-corrected chi connectivity index (χ0v) is 11.0. The van der Waals surface area contributed by atoms with Crippen LogP contribution in [0.2, 0.25) is 0 Å². The molecule has 0 bridgehead atoms. The summed E-state index contributed by atoms with van der Waals surface area (Å²) < 4.78 is 16.3. The molecule has 1 aromatic carbocycles. The molecule has 0 aromatic heterocycles. The molecule has 0 radical (unpaired) electrons. The van der Waals surface area contributed by atoms with E-state index in [4.69, 9.17) is 14.2 Å². The van der Waals surface area contributed by atoms with Crippen molar-refractivity contribution < 1.29 is 19.3 Å². The van der Waals surface area contributed by atoms with Crippen molar-refractivity contribution in [3.05, 3.63) is 23.8 Å². The summed E-state index contributed by atoms with van der Waals surface area (Å²) in [5.74, 6) is 1.64. The highest BCUT2D eigenvalue weighted by Gasteiger charge is 2.32. The number of hydrogen-bond donors (Lipinski definition) is 1. The van der Waals surface area contributed by atoms with Crippen LogP contribution in [-0.2, 0) is 11.3 Å². The third kappa shape index (κ3) is 2.41. The van der Waals surface area contributed by atoms with Crippen LogP contribution >= 0.6 is 0 Å². The van der Waals surface area contributed by atoms with Gasteiger partial charge in [-0.1, -0.05) is 12.1 Å². The predicted molar refractivity (Wildman–Crippen MR) is 69.3 cm³/mol. The Kier molecular flexibility index (Phi) is 3.59. The van der Waals surface area contributed by atoms with Gasteiger partial charge in [0, 0.05) is 31.8 Å². The fourth-order valence-electron chi connectivity index (χ4n) is 2.83. The second-order valence-electron chi connectivity index (χ2n) is 5.01.